The molecule has 0 saturated carbocycles. The fourth-order valence-corrected chi connectivity index (χ4v) is 3.73. The summed E-state index contributed by atoms with van der Waals surface area (Å²) in [5.41, 5.74) is 2.11. The number of aromatic nitrogens is 1. The van der Waals surface area contributed by atoms with Gasteiger partial charge in [-0.1, -0.05) is 23.7 Å². The van der Waals surface area contributed by atoms with Gasteiger partial charge in [-0.3, -0.25) is 19.3 Å². The number of nitrogens with one attached hydrogen (secondary N) is 1. The van der Waals surface area contributed by atoms with E-state index in [0.717, 1.165) is 25.9 Å². The Morgan fingerprint density at radius 3 is 2.73 bits per heavy atom. The summed E-state index contributed by atoms with van der Waals surface area (Å²) >= 11 is 7.53. The van der Waals surface area contributed by atoms with Crippen LogP contribution in [0.15, 0.2) is 24.4 Å². The average Bonchev–Trinajstić information content (AvgIpc) is 3.16. The van der Waals surface area contributed by atoms with Crippen LogP contribution in [0.3, 0.4) is 0 Å². The molecule has 2 heterocycles. The molecule has 0 atom stereocenters. The molecular weight excluding hydrogens is 374 g/mol. The summed E-state index contributed by atoms with van der Waals surface area (Å²) in [4.78, 5) is 41.4. The maximum Gasteiger partial charge on any atom is 0.229 e. The summed E-state index contributed by atoms with van der Waals surface area (Å²) in [6.07, 6.45) is 2.95. The highest BCUT2D eigenvalue weighted by molar-refractivity contribution is 7.15. The van der Waals surface area contributed by atoms with E-state index in [0.29, 0.717) is 11.6 Å². The van der Waals surface area contributed by atoms with Crippen LogP contribution in [0.1, 0.15) is 35.3 Å². The molecule has 8 heteroatoms. The molecule has 3 amide bonds. The zero-order valence-electron chi connectivity index (χ0n) is 14.3. The second kappa shape index (κ2) is 7.97. The predicted molar refractivity (Wildman–Crippen MR) is 100 cm³/mol. The Bertz CT molecular complexity index is 849. The Morgan fingerprint density at radius 2 is 2.04 bits per heavy atom. The first-order valence-corrected chi connectivity index (χ1v) is 9.44. The molecule has 0 radical (unpaired) electrons. The molecule has 1 saturated heterocycles. The number of amides is 3. The number of aryl methyl sites for hydroxylation is 1. The van der Waals surface area contributed by atoms with Gasteiger partial charge in [-0.15, -0.1) is 11.3 Å². The lowest BCUT2D eigenvalue weighted by Gasteiger charge is -2.12. The van der Waals surface area contributed by atoms with Gasteiger partial charge >= 0.3 is 0 Å². The molecule has 0 unspecified atom stereocenters. The van der Waals surface area contributed by atoms with Gasteiger partial charge in [-0.2, -0.15) is 0 Å². The SMILES string of the molecule is Cc1ccc(Cc2cnc(NC(=O)CCN3C(=O)CCC3=O)s2)cc1Cl. The molecule has 1 aromatic carbocycles. The molecule has 1 aliphatic heterocycles. The summed E-state index contributed by atoms with van der Waals surface area (Å²) in [5, 5.41) is 3.95. The second-order valence-electron chi connectivity index (χ2n) is 6.13. The summed E-state index contributed by atoms with van der Waals surface area (Å²) in [6, 6.07) is 5.92. The number of nitrogens with zero attached hydrogens (tertiary/aromatic N) is 2. The summed E-state index contributed by atoms with van der Waals surface area (Å²) in [6.45, 7) is 2.07. The molecular formula is C18H18ClN3O3S. The number of halogens is 1. The first-order valence-electron chi connectivity index (χ1n) is 8.25. The van der Waals surface area contributed by atoms with Crippen molar-refractivity contribution in [2.75, 3.05) is 11.9 Å². The van der Waals surface area contributed by atoms with Crippen molar-refractivity contribution in [2.45, 2.75) is 32.6 Å². The van der Waals surface area contributed by atoms with Crippen molar-refractivity contribution in [3.05, 3.63) is 45.4 Å². The number of rotatable bonds is 6. The van der Waals surface area contributed by atoms with E-state index in [1.807, 2.05) is 25.1 Å². The third kappa shape index (κ3) is 4.47. The first-order chi connectivity index (χ1) is 12.4. The smallest absolute Gasteiger partial charge is 0.229 e. The van der Waals surface area contributed by atoms with E-state index in [1.54, 1.807) is 6.20 Å². The molecule has 2 aromatic rings. The summed E-state index contributed by atoms with van der Waals surface area (Å²) < 4.78 is 0. The molecule has 0 aliphatic carbocycles. The van der Waals surface area contributed by atoms with Crippen molar-refractivity contribution in [3.63, 3.8) is 0 Å². The molecule has 1 fully saturated rings. The zero-order valence-corrected chi connectivity index (χ0v) is 15.8. The number of imide groups is 1. The van der Waals surface area contributed by atoms with Crippen LogP contribution in [0.5, 0.6) is 0 Å². The number of carbonyl (C=O) groups excluding carboxylic acids is 3. The van der Waals surface area contributed by atoms with E-state index in [2.05, 4.69) is 10.3 Å². The molecule has 136 valence electrons. The van der Waals surface area contributed by atoms with Crippen molar-refractivity contribution >= 4 is 45.8 Å². The van der Waals surface area contributed by atoms with Crippen LogP contribution in [0.25, 0.3) is 0 Å². The summed E-state index contributed by atoms with van der Waals surface area (Å²) in [5.74, 6) is -0.691. The molecule has 26 heavy (non-hydrogen) atoms. The van der Waals surface area contributed by atoms with Crippen LogP contribution < -0.4 is 5.32 Å². The lowest BCUT2D eigenvalue weighted by Crippen LogP contribution is -2.32. The minimum absolute atomic E-state index is 0.0694. The third-order valence-electron chi connectivity index (χ3n) is 4.13. The van der Waals surface area contributed by atoms with Gasteiger partial charge in [0.05, 0.1) is 0 Å². The van der Waals surface area contributed by atoms with E-state index in [-0.39, 0.29) is 43.5 Å². The van der Waals surface area contributed by atoms with Crippen molar-refractivity contribution < 1.29 is 14.4 Å². The standard InChI is InChI=1S/C18H18ClN3O3S/c1-11-2-3-12(9-14(11)19)8-13-10-20-18(26-13)21-15(23)6-7-22-16(24)4-5-17(22)25/h2-3,9-10H,4-8H2,1H3,(H,20,21,23). The minimum atomic E-state index is -0.267. The lowest BCUT2D eigenvalue weighted by molar-refractivity contribution is -0.138. The fraction of sp³-hybridized carbons (Fsp3) is 0.333. The van der Waals surface area contributed by atoms with E-state index in [1.165, 1.54) is 11.3 Å². The predicted octanol–water partition coefficient (Wildman–Crippen LogP) is 3.17. The highest BCUT2D eigenvalue weighted by Gasteiger charge is 2.28. The largest absolute Gasteiger partial charge is 0.302 e. The van der Waals surface area contributed by atoms with Gasteiger partial charge in [0.15, 0.2) is 5.13 Å². The average molecular weight is 392 g/mol. The number of likely N-dealkylation sites (tertiary alicyclic amines) is 1. The van der Waals surface area contributed by atoms with Crippen molar-refractivity contribution in [3.8, 4) is 0 Å². The Labute approximate surface area is 160 Å². The Balaban J connectivity index is 1.52. The lowest BCUT2D eigenvalue weighted by atomic mass is 10.1. The van der Waals surface area contributed by atoms with Gasteiger partial charge in [0, 0.05) is 48.3 Å². The maximum absolute atomic E-state index is 12.0. The quantitative estimate of drug-likeness (QED) is 0.767. The van der Waals surface area contributed by atoms with Gasteiger partial charge < -0.3 is 5.32 Å². The van der Waals surface area contributed by atoms with Gasteiger partial charge in [0.2, 0.25) is 17.7 Å². The molecule has 0 spiro atoms. The van der Waals surface area contributed by atoms with E-state index in [9.17, 15) is 14.4 Å². The second-order valence-corrected chi connectivity index (χ2v) is 7.65. The minimum Gasteiger partial charge on any atom is -0.302 e. The normalized spacial score (nSPS) is 14.2. The van der Waals surface area contributed by atoms with Gasteiger partial charge in [-0.25, -0.2) is 4.98 Å². The van der Waals surface area contributed by atoms with Crippen molar-refractivity contribution in [2.24, 2.45) is 0 Å². The highest BCUT2D eigenvalue weighted by atomic mass is 35.5. The number of carbonyl (C=O) groups is 3. The van der Waals surface area contributed by atoms with Crippen LogP contribution in [-0.2, 0) is 20.8 Å². The van der Waals surface area contributed by atoms with Gasteiger partial charge in [0.1, 0.15) is 0 Å². The van der Waals surface area contributed by atoms with Crippen molar-refractivity contribution in [1.29, 1.82) is 0 Å². The number of anilines is 1. The zero-order chi connectivity index (χ0) is 18.7. The Morgan fingerprint density at radius 1 is 1.31 bits per heavy atom. The van der Waals surface area contributed by atoms with Gasteiger partial charge in [-0.05, 0) is 24.1 Å². The highest BCUT2D eigenvalue weighted by Crippen LogP contribution is 2.24. The van der Waals surface area contributed by atoms with Crippen LogP contribution in [0.4, 0.5) is 5.13 Å². The molecule has 0 bridgehead atoms. The molecule has 3 rings (SSSR count). The molecule has 6 nitrogen and oxygen atoms in total. The van der Waals surface area contributed by atoms with E-state index >= 15 is 0 Å². The number of hydrogen-bond donors (Lipinski definition) is 1. The van der Waals surface area contributed by atoms with E-state index in [4.69, 9.17) is 11.6 Å². The molecule has 1 aromatic heterocycles. The van der Waals surface area contributed by atoms with Crippen LogP contribution in [-0.4, -0.2) is 34.2 Å². The maximum atomic E-state index is 12.0. The first kappa shape index (κ1) is 18.5. The van der Waals surface area contributed by atoms with Crippen LogP contribution >= 0.6 is 22.9 Å². The Hall–Kier alpha value is -2.25. The summed E-state index contributed by atoms with van der Waals surface area (Å²) in [7, 11) is 0. The Kier molecular flexibility index (Phi) is 5.68. The van der Waals surface area contributed by atoms with Gasteiger partial charge in [0.25, 0.3) is 0 Å². The fourth-order valence-electron chi connectivity index (χ4n) is 2.66. The molecule has 1 aliphatic rings. The monoisotopic (exact) mass is 391 g/mol. The number of hydrogen-bond acceptors (Lipinski definition) is 5. The van der Waals surface area contributed by atoms with Crippen molar-refractivity contribution in [1.82, 2.24) is 9.88 Å². The van der Waals surface area contributed by atoms with Crippen LogP contribution in [0.2, 0.25) is 5.02 Å². The molecule has 1 N–H and O–H groups in total. The third-order valence-corrected chi connectivity index (χ3v) is 5.45. The number of thiazole rings is 1. The van der Waals surface area contributed by atoms with Crippen LogP contribution in [0, 0.1) is 6.92 Å². The topological polar surface area (TPSA) is 79.4 Å². The number of benzene rings is 1. The van der Waals surface area contributed by atoms with E-state index < -0.39 is 0 Å².